The van der Waals surface area contributed by atoms with E-state index in [1.807, 2.05) is 30.5 Å². The number of nitrogens with zero attached hydrogens (tertiary/aromatic N) is 2. The number of benzene rings is 1. The third-order valence-corrected chi connectivity index (χ3v) is 6.38. The van der Waals surface area contributed by atoms with E-state index in [1.54, 1.807) is 13.0 Å². The molecule has 3 heterocycles. The van der Waals surface area contributed by atoms with Gasteiger partial charge in [0.15, 0.2) is 11.4 Å². The summed E-state index contributed by atoms with van der Waals surface area (Å²) >= 11 is 0. The minimum absolute atomic E-state index is 0.219. The van der Waals surface area contributed by atoms with E-state index in [0.717, 1.165) is 53.0 Å². The zero-order chi connectivity index (χ0) is 20.3. The maximum atomic E-state index is 13.7. The number of halogens is 1. The average Bonchev–Trinajstić information content (AvgIpc) is 3.19. The summed E-state index contributed by atoms with van der Waals surface area (Å²) in [5.74, 6) is 0.0866. The van der Waals surface area contributed by atoms with Gasteiger partial charge in [0, 0.05) is 17.5 Å². The molecule has 0 radical (unpaired) electrons. The Morgan fingerprint density at radius 1 is 1.31 bits per heavy atom. The molecule has 0 bridgehead atoms. The van der Waals surface area contributed by atoms with Crippen molar-refractivity contribution >= 4 is 11.6 Å². The zero-order valence-corrected chi connectivity index (χ0v) is 16.8. The van der Waals surface area contributed by atoms with Crippen LogP contribution in [0.1, 0.15) is 58.2 Å². The molecular weight excluding hydrogens is 371 g/mol. The van der Waals surface area contributed by atoms with Gasteiger partial charge in [-0.15, -0.1) is 0 Å². The van der Waals surface area contributed by atoms with E-state index in [0.29, 0.717) is 24.3 Å². The number of hydrogen-bond donors (Lipinski definition) is 0. The fourth-order valence-electron chi connectivity index (χ4n) is 4.77. The number of rotatable bonds is 2. The largest absolute Gasteiger partial charge is 0.478 e. The monoisotopic (exact) mass is 394 g/mol. The topological polar surface area (TPSA) is 52.8 Å². The SMILES string of the molecule is CCOC(=O)c1cn2c(C)c(C)nc2c2c1CCC1(CCc3cc(F)ccc31)O2. The summed E-state index contributed by atoms with van der Waals surface area (Å²) in [6.45, 7) is 6.04. The van der Waals surface area contributed by atoms with Gasteiger partial charge in [0.05, 0.1) is 17.9 Å². The lowest BCUT2D eigenvalue weighted by Crippen LogP contribution is -2.35. The average molecular weight is 394 g/mol. The van der Waals surface area contributed by atoms with Crippen molar-refractivity contribution < 1.29 is 18.7 Å². The Morgan fingerprint density at radius 3 is 2.90 bits per heavy atom. The van der Waals surface area contributed by atoms with Crippen molar-refractivity contribution in [1.29, 1.82) is 0 Å². The minimum Gasteiger partial charge on any atom is -0.478 e. The predicted molar refractivity (Wildman–Crippen MR) is 106 cm³/mol. The molecule has 1 aliphatic carbocycles. The van der Waals surface area contributed by atoms with Crippen LogP contribution >= 0.6 is 0 Å². The van der Waals surface area contributed by atoms with Gasteiger partial charge in [-0.05, 0) is 69.7 Å². The van der Waals surface area contributed by atoms with E-state index >= 15 is 0 Å². The predicted octanol–water partition coefficient (Wildman–Crippen LogP) is 4.43. The Kier molecular flexibility index (Phi) is 3.95. The van der Waals surface area contributed by atoms with Crippen molar-refractivity contribution in [1.82, 2.24) is 9.38 Å². The van der Waals surface area contributed by atoms with Crippen molar-refractivity contribution in [2.24, 2.45) is 0 Å². The summed E-state index contributed by atoms with van der Waals surface area (Å²) < 4.78 is 27.6. The van der Waals surface area contributed by atoms with E-state index in [4.69, 9.17) is 14.5 Å². The number of carbonyl (C=O) groups is 1. The number of carbonyl (C=O) groups excluding carboxylic acids is 1. The van der Waals surface area contributed by atoms with Gasteiger partial charge in [-0.2, -0.15) is 0 Å². The second-order valence-electron chi connectivity index (χ2n) is 7.94. The molecule has 1 aliphatic heterocycles. The van der Waals surface area contributed by atoms with Crippen molar-refractivity contribution in [3.8, 4) is 5.75 Å². The molecule has 2 aromatic heterocycles. The molecule has 0 saturated heterocycles. The Balaban J connectivity index is 1.70. The van der Waals surface area contributed by atoms with Crippen LogP contribution in [0.15, 0.2) is 24.4 Å². The first-order chi connectivity index (χ1) is 13.9. The van der Waals surface area contributed by atoms with Crippen LogP contribution in [0.4, 0.5) is 4.39 Å². The van der Waals surface area contributed by atoms with E-state index in [2.05, 4.69) is 0 Å². The number of esters is 1. The van der Waals surface area contributed by atoms with Crippen molar-refractivity contribution in [2.45, 2.75) is 52.1 Å². The molecular formula is C23H23FN2O3. The van der Waals surface area contributed by atoms with E-state index in [-0.39, 0.29) is 11.8 Å². The van der Waals surface area contributed by atoms with Crippen molar-refractivity contribution in [3.63, 3.8) is 0 Å². The standard InChI is InChI=1S/C23H23FN2O3/c1-4-28-22(27)18-12-26-14(3)13(2)25-21(26)20-17(18)8-10-23(29-20)9-7-15-11-16(24)5-6-19(15)23/h5-6,11-12H,4,7-10H2,1-3H3. The molecule has 0 N–H and O–H groups in total. The first kappa shape index (κ1) is 18.2. The van der Waals surface area contributed by atoms with Gasteiger partial charge in [0.25, 0.3) is 0 Å². The number of imidazole rings is 1. The fraction of sp³-hybridized carbons (Fsp3) is 0.391. The van der Waals surface area contributed by atoms with Gasteiger partial charge >= 0.3 is 5.97 Å². The maximum absolute atomic E-state index is 13.7. The van der Waals surface area contributed by atoms with Crippen LogP contribution in [0, 0.1) is 19.7 Å². The third-order valence-electron chi connectivity index (χ3n) is 6.38. The maximum Gasteiger partial charge on any atom is 0.340 e. The van der Waals surface area contributed by atoms with Crippen molar-refractivity contribution in [3.05, 3.63) is 63.9 Å². The summed E-state index contributed by atoms with van der Waals surface area (Å²) in [5.41, 5.74) is 5.50. The summed E-state index contributed by atoms with van der Waals surface area (Å²) in [6.07, 6.45) is 4.81. The number of fused-ring (bicyclic) bond motifs is 5. The zero-order valence-electron chi connectivity index (χ0n) is 16.8. The molecule has 1 spiro atoms. The van der Waals surface area contributed by atoms with Gasteiger partial charge in [0.1, 0.15) is 11.4 Å². The molecule has 0 fully saturated rings. The van der Waals surface area contributed by atoms with Gasteiger partial charge in [-0.25, -0.2) is 14.2 Å². The Labute approximate surface area is 168 Å². The number of hydrogen-bond acceptors (Lipinski definition) is 4. The van der Waals surface area contributed by atoms with Crippen molar-refractivity contribution in [2.75, 3.05) is 6.61 Å². The van der Waals surface area contributed by atoms with Gasteiger partial charge in [-0.1, -0.05) is 6.07 Å². The van der Waals surface area contributed by atoms with Crippen LogP contribution in [-0.4, -0.2) is 22.0 Å². The van der Waals surface area contributed by atoms with Crippen LogP contribution in [0.5, 0.6) is 5.75 Å². The van der Waals surface area contributed by atoms with Crippen LogP contribution in [0.3, 0.4) is 0 Å². The highest BCUT2D eigenvalue weighted by molar-refractivity contribution is 5.93. The number of pyridine rings is 1. The number of aromatic nitrogens is 2. The second-order valence-corrected chi connectivity index (χ2v) is 7.94. The van der Waals surface area contributed by atoms with Gasteiger partial charge < -0.3 is 13.9 Å². The molecule has 0 amide bonds. The van der Waals surface area contributed by atoms with Crippen LogP contribution in [-0.2, 0) is 23.2 Å². The van der Waals surface area contributed by atoms with Crippen LogP contribution in [0.2, 0.25) is 0 Å². The van der Waals surface area contributed by atoms with E-state index in [9.17, 15) is 9.18 Å². The Bertz CT molecular complexity index is 1170. The molecule has 1 aromatic carbocycles. The molecule has 150 valence electrons. The first-order valence-corrected chi connectivity index (χ1v) is 10.1. The highest BCUT2D eigenvalue weighted by Crippen LogP contribution is 2.49. The fourth-order valence-corrected chi connectivity index (χ4v) is 4.77. The highest BCUT2D eigenvalue weighted by atomic mass is 19.1. The summed E-state index contributed by atoms with van der Waals surface area (Å²) in [7, 11) is 0. The van der Waals surface area contributed by atoms with E-state index < -0.39 is 5.60 Å². The molecule has 3 aromatic rings. The Morgan fingerprint density at radius 2 is 2.10 bits per heavy atom. The van der Waals surface area contributed by atoms with Crippen LogP contribution in [0.25, 0.3) is 5.65 Å². The summed E-state index contributed by atoms with van der Waals surface area (Å²) in [4.78, 5) is 17.4. The highest BCUT2D eigenvalue weighted by Gasteiger charge is 2.45. The third kappa shape index (κ3) is 2.58. The summed E-state index contributed by atoms with van der Waals surface area (Å²) in [6, 6.07) is 4.95. The molecule has 1 unspecified atom stereocenters. The molecule has 1 atom stereocenters. The lowest BCUT2D eigenvalue weighted by Gasteiger charge is -2.37. The first-order valence-electron chi connectivity index (χ1n) is 10.1. The van der Waals surface area contributed by atoms with Gasteiger partial charge in [-0.3, -0.25) is 0 Å². The number of ether oxygens (including phenoxy) is 2. The lowest BCUT2D eigenvalue weighted by molar-refractivity contribution is 0.0422. The number of aryl methyl sites for hydroxylation is 3. The van der Waals surface area contributed by atoms with E-state index in [1.165, 1.54) is 6.07 Å². The molecule has 5 rings (SSSR count). The Hall–Kier alpha value is -2.89. The summed E-state index contributed by atoms with van der Waals surface area (Å²) in [5, 5.41) is 0. The smallest absolute Gasteiger partial charge is 0.340 e. The molecule has 2 aliphatic rings. The normalized spacial score (nSPS) is 19.9. The molecule has 0 saturated carbocycles. The van der Waals surface area contributed by atoms with Gasteiger partial charge in [0.2, 0.25) is 0 Å². The molecule has 5 nitrogen and oxygen atoms in total. The lowest BCUT2D eigenvalue weighted by atomic mass is 9.85. The van der Waals surface area contributed by atoms with Crippen LogP contribution < -0.4 is 4.74 Å². The molecule has 29 heavy (non-hydrogen) atoms. The second kappa shape index (κ2) is 6.31. The minimum atomic E-state index is -0.502. The molecule has 6 heteroatoms. The quantitative estimate of drug-likeness (QED) is 0.603.